The zero-order chi connectivity index (χ0) is 30.5. The number of nitrogens with zero attached hydrogens (tertiary/aromatic N) is 2. The van der Waals surface area contributed by atoms with Crippen LogP contribution in [0.5, 0.6) is 46.0 Å². The van der Waals surface area contributed by atoms with Crippen molar-refractivity contribution in [2.24, 2.45) is 0 Å². The normalized spacial score (nSPS) is 19.6. The van der Waals surface area contributed by atoms with Gasteiger partial charge in [0.2, 0.25) is 5.75 Å². The lowest BCUT2D eigenvalue weighted by Crippen LogP contribution is -2.34. The first-order chi connectivity index (χ1) is 21.3. The molecule has 8 heteroatoms. The first kappa shape index (κ1) is 28.4. The molecule has 0 radical (unpaired) electrons. The van der Waals surface area contributed by atoms with Gasteiger partial charge in [0.05, 0.1) is 14.2 Å². The van der Waals surface area contributed by atoms with Gasteiger partial charge in [0.25, 0.3) is 0 Å². The first-order valence-corrected chi connectivity index (χ1v) is 15.1. The third-order valence-electron chi connectivity index (χ3n) is 9.46. The Morgan fingerprint density at radius 3 is 2.11 bits per heavy atom. The summed E-state index contributed by atoms with van der Waals surface area (Å²) < 4.78 is 24.5. The van der Waals surface area contributed by atoms with Crippen LogP contribution in [-0.4, -0.2) is 61.4 Å². The molecule has 2 atom stereocenters. The van der Waals surface area contributed by atoms with E-state index in [1.54, 1.807) is 20.3 Å². The summed E-state index contributed by atoms with van der Waals surface area (Å²) in [6, 6.07) is 19.7. The molecule has 0 aliphatic carbocycles. The van der Waals surface area contributed by atoms with Crippen LogP contribution in [0.25, 0.3) is 0 Å². The fraction of sp³-hybridized carbons (Fsp3) is 0.333. The van der Waals surface area contributed by atoms with Crippen LogP contribution in [-0.2, 0) is 25.7 Å². The number of benzene rings is 4. The van der Waals surface area contributed by atoms with Crippen molar-refractivity contribution in [3.8, 4) is 46.0 Å². The minimum atomic E-state index is -0.122. The maximum atomic E-state index is 11.6. The Kier molecular flexibility index (Phi) is 7.26. The van der Waals surface area contributed by atoms with Crippen molar-refractivity contribution in [1.29, 1.82) is 0 Å². The van der Waals surface area contributed by atoms with E-state index >= 15 is 0 Å². The zero-order valence-electron chi connectivity index (χ0n) is 25.6. The number of phenolic OH excluding ortho intramolecular Hbond substituents is 2. The molecule has 4 aliphatic rings. The van der Waals surface area contributed by atoms with E-state index in [4.69, 9.17) is 18.9 Å². The van der Waals surface area contributed by atoms with Gasteiger partial charge < -0.3 is 29.2 Å². The largest absolute Gasteiger partial charge is 0.504 e. The summed E-state index contributed by atoms with van der Waals surface area (Å²) in [5.74, 6) is 3.05. The molecule has 0 amide bonds. The highest BCUT2D eigenvalue weighted by Gasteiger charge is 2.34. The summed E-state index contributed by atoms with van der Waals surface area (Å²) in [6.07, 6.45) is 3.08. The molecule has 0 saturated heterocycles. The summed E-state index contributed by atoms with van der Waals surface area (Å²) in [7, 11) is 7.46. The SMILES string of the molecule is COc1cc2c3cc1Oc1c(O)c(OC)cc4c1[C@H](Cc1ccc(O)c(c1)Oc1ccc(cc1)CC3N(C)CC2)N(C)CC4. The molecule has 0 aromatic heterocycles. The van der Waals surface area contributed by atoms with Gasteiger partial charge in [-0.25, -0.2) is 0 Å². The van der Waals surface area contributed by atoms with Crippen LogP contribution in [0.4, 0.5) is 0 Å². The topological polar surface area (TPSA) is 83.9 Å². The molecule has 0 spiro atoms. The van der Waals surface area contributed by atoms with Gasteiger partial charge in [-0.05, 0) is 110 Å². The van der Waals surface area contributed by atoms with Crippen molar-refractivity contribution in [3.63, 3.8) is 0 Å². The summed E-state index contributed by atoms with van der Waals surface area (Å²) >= 11 is 0. The van der Waals surface area contributed by atoms with Crippen molar-refractivity contribution in [1.82, 2.24) is 9.80 Å². The number of methoxy groups -OCH3 is 2. The minimum Gasteiger partial charge on any atom is -0.504 e. The van der Waals surface area contributed by atoms with Gasteiger partial charge in [-0.2, -0.15) is 0 Å². The van der Waals surface area contributed by atoms with E-state index in [9.17, 15) is 10.2 Å². The summed E-state index contributed by atoms with van der Waals surface area (Å²) in [4.78, 5) is 4.65. The first-order valence-electron chi connectivity index (χ1n) is 15.1. The van der Waals surface area contributed by atoms with Crippen molar-refractivity contribution < 1.29 is 29.2 Å². The third kappa shape index (κ3) is 4.98. The van der Waals surface area contributed by atoms with E-state index in [2.05, 4.69) is 48.2 Å². The van der Waals surface area contributed by atoms with Gasteiger partial charge in [-0.15, -0.1) is 0 Å². The maximum absolute atomic E-state index is 11.6. The molecule has 1 unspecified atom stereocenters. The number of hydrogen-bond acceptors (Lipinski definition) is 8. The molecule has 2 N–H and O–H groups in total. The second-order valence-corrected chi connectivity index (χ2v) is 12.1. The molecular formula is C36H38N2O6. The third-order valence-corrected chi connectivity index (χ3v) is 9.46. The van der Waals surface area contributed by atoms with Crippen LogP contribution >= 0.6 is 0 Å². The van der Waals surface area contributed by atoms with E-state index < -0.39 is 0 Å². The number of rotatable bonds is 2. The Bertz CT molecular complexity index is 1720. The van der Waals surface area contributed by atoms with Crippen molar-refractivity contribution >= 4 is 0 Å². The quantitative estimate of drug-likeness (QED) is 0.270. The lowest BCUT2D eigenvalue weighted by Gasteiger charge is -2.37. The lowest BCUT2D eigenvalue weighted by molar-refractivity contribution is 0.220. The summed E-state index contributed by atoms with van der Waals surface area (Å²) in [6.45, 7) is 1.75. The predicted molar refractivity (Wildman–Crippen MR) is 168 cm³/mol. The minimum absolute atomic E-state index is 0.0383. The number of phenols is 2. The molecule has 4 aromatic carbocycles. The molecule has 6 bridgehead atoms. The van der Waals surface area contributed by atoms with Crippen LogP contribution in [0, 0.1) is 0 Å². The van der Waals surface area contributed by atoms with Gasteiger partial charge in [-0.3, -0.25) is 9.80 Å². The van der Waals surface area contributed by atoms with E-state index in [-0.39, 0.29) is 23.6 Å². The number of likely N-dealkylation sites (N-methyl/N-ethyl adjacent to an activating group) is 2. The summed E-state index contributed by atoms with van der Waals surface area (Å²) in [5, 5.41) is 22.3. The second kappa shape index (κ2) is 11.3. The van der Waals surface area contributed by atoms with Gasteiger partial charge in [0.1, 0.15) is 5.75 Å². The van der Waals surface area contributed by atoms with Crippen LogP contribution in [0.2, 0.25) is 0 Å². The average molecular weight is 595 g/mol. The van der Waals surface area contributed by atoms with E-state index in [1.165, 1.54) is 16.7 Å². The van der Waals surface area contributed by atoms with Gasteiger partial charge in [-0.1, -0.05) is 18.2 Å². The van der Waals surface area contributed by atoms with Crippen LogP contribution in [0.15, 0.2) is 60.7 Å². The molecule has 228 valence electrons. The summed E-state index contributed by atoms with van der Waals surface area (Å²) in [5.41, 5.74) is 6.55. The van der Waals surface area contributed by atoms with Crippen molar-refractivity contribution in [2.75, 3.05) is 41.4 Å². The lowest BCUT2D eigenvalue weighted by atomic mass is 9.87. The van der Waals surface area contributed by atoms with Crippen LogP contribution < -0.4 is 18.9 Å². The molecule has 4 aromatic rings. The standard InChI is InChI=1S/C36H38N2O6/c1-37-13-11-23-18-31(41-3)32-20-26(23)27(37)15-21-5-8-25(9-6-21)43-30-17-22(7-10-29(30)39)16-28-34-24(12-14-38(28)2)19-33(42-4)35(40)36(34)44-32/h5-10,17-20,27-28,39-40H,11-16H2,1-4H3/t27?,28-/m0/s1. The van der Waals surface area contributed by atoms with E-state index in [1.807, 2.05) is 30.3 Å². The smallest absolute Gasteiger partial charge is 0.201 e. The predicted octanol–water partition coefficient (Wildman–Crippen LogP) is 6.56. The number of ether oxygens (including phenoxy) is 4. The number of aromatic hydroxyl groups is 2. The molecule has 4 aliphatic heterocycles. The van der Waals surface area contributed by atoms with E-state index in [0.29, 0.717) is 40.9 Å². The Hall–Kier alpha value is -4.40. The van der Waals surface area contributed by atoms with Crippen LogP contribution in [0.1, 0.15) is 45.5 Å². The fourth-order valence-electron chi connectivity index (χ4n) is 6.94. The monoisotopic (exact) mass is 594 g/mol. The Morgan fingerprint density at radius 2 is 1.36 bits per heavy atom. The molecule has 44 heavy (non-hydrogen) atoms. The second-order valence-electron chi connectivity index (χ2n) is 12.1. The highest BCUT2D eigenvalue weighted by atomic mass is 16.5. The highest BCUT2D eigenvalue weighted by molar-refractivity contribution is 5.63. The molecule has 0 fully saturated rings. The van der Waals surface area contributed by atoms with E-state index in [0.717, 1.165) is 49.0 Å². The van der Waals surface area contributed by atoms with Gasteiger partial charge in [0.15, 0.2) is 34.5 Å². The maximum Gasteiger partial charge on any atom is 0.201 e. The van der Waals surface area contributed by atoms with Gasteiger partial charge in [0, 0.05) is 30.7 Å². The molecule has 8 rings (SSSR count). The molecule has 8 nitrogen and oxygen atoms in total. The average Bonchev–Trinajstić information content (AvgIpc) is 3.03. The van der Waals surface area contributed by atoms with Crippen molar-refractivity contribution in [2.45, 2.75) is 37.8 Å². The van der Waals surface area contributed by atoms with Crippen LogP contribution in [0.3, 0.4) is 0 Å². The highest BCUT2D eigenvalue weighted by Crippen LogP contribution is 2.51. The van der Waals surface area contributed by atoms with Gasteiger partial charge >= 0.3 is 0 Å². The Morgan fingerprint density at radius 1 is 0.705 bits per heavy atom. The van der Waals surface area contributed by atoms with Crippen molar-refractivity contribution in [3.05, 3.63) is 94.0 Å². The molecule has 4 heterocycles. The molecular weight excluding hydrogens is 556 g/mol. The fourth-order valence-corrected chi connectivity index (χ4v) is 6.94. The number of hydrogen-bond donors (Lipinski definition) is 2. The Balaban J connectivity index is 1.45. The Labute approximate surface area is 258 Å². The zero-order valence-corrected chi connectivity index (χ0v) is 25.6. The number of fused-ring (bicyclic) bond motifs is 2. The molecule has 0 saturated carbocycles.